The quantitative estimate of drug-likeness (QED) is 0.763. The maximum absolute atomic E-state index is 13.6. The Kier molecular flexibility index (Phi) is 4.98. The maximum Gasteiger partial charge on any atom is 0.239 e. The zero-order valence-corrected chi connectivity index (χ0v) is 14.4. The van der Waals surface area contributed by atoms with Crippen molar-refractivity contribution in [3.63, 3.8) is 0 Å². The van der Waals surface area contributed by atoms with E-state index in [4.69, 9.17) is 0 Å². The highest BCUT2D eigenvalue weighted by Crippen LogP contribution is 2.25. The number of nitrogens with one attached hydrogen (secondary N) is 1. The second kappa shape index (κ2) is 7.34. The molecule has 0 heterocycles. The summed E-state index contributed by atoms with van der Waals surface area (Å²) in [6.07, 6.45) is 0. The Labute approximate surface area is 147 Å². The Bertz CT molecular complexity index is 902. The van der Waals surface area contributed by atoms with Gasteiger partial charge in [-0.2, -0.15) is 0 Å². The van der Waals surface area contributed by atoms with Crippen molar-refractivity contribution in [1.82, 2.24) is 5.32 Å². The molecule has 0 spiro atoms. The van der Waals surface area contributed by atoms with E-state index in [9.17, 15) is 9.18 Å². The first-order valence-electron chi connectivity index (χ1n) is 8.25. The summed E-state index contributed by atoms with van der Waals surface area (Å²) in [6.45, 7) is 2.28. The lowest BCUT2D eigenvalue weighted by Gasteiger charge is -2.20. The van der Waals surface area contributed by atoms with Crippen molar-refractivity contribution in [3.8, 4) is 0 Å². The number of anilines is 1. The number of carbonyl (C=O) groups is 1. The van der Waals surface area contributed by atoms with Crippen molar-refractivity contribution in [3.05, 3.63) is 77.6 Å². The number of amides is 1. The first kappa shape index (κ1) is 17.0. The lowest BCUT2D eigenvalue weighted by Crippen LogP contribution is -2.34. The first-order valence-corrected chi connectivity index (χ1v) is 8.25. The number of nitrogens with zero attached hydrogens (tertiary/aromatic N) is 1. The molecule has 3 rings (SSSR count). The molecule has 4 heteroatoms. The molecular formula is C21H21FN2O. The topological polar surface area (TPSA) is 32.3 Å². The molecule has 0 aliphatic carbocycles. The van der Waals surface area contributed by atoms with Crippen molar-refractivity contribution in [2.45, 2.75) is 13.5 Å². The van der Waals surface area contributed by atoms with Crippen LogP contribution >= 0.6 is 0 Å². The molecule has 25 heavy (non-hydrogen) atoms. The van der Waals surface area contributed by atoms with Crippen LogP contribution in [-0.4, -0.2) is 19.5 Å². The Balaban J connectivity index is 1.64. The Morgan fingerprint density at radius 2 is 1.84 bits per heavy atom. The standard InChI is InChI=1S/C21H21FN2O/c1-15-10-11-16(12-19(15)22)13-23-21(25)14-24(2)20-9-5-7-17-6-3-4-8-18(17)20/h3-12H,13-14H2,1-2H3,(H,23,25). The number of carbonyl (C=O) groups excluding carboxylic acids is 1. The molecule has 3 aromatic rings. The summed E-state index contributed by atoms with van der Waals surface area (Å²) in [4.78, 5) is 14.2. The normalized spacial score (nSPS) is 10.7. The van der Waals surface area contributed by atoms with Crippen LogP contribution in [0.4, 0.5) is 10.1 Å². The maximum atomic E-state index is 13.6. The Morgan fingerprint density at radius 3 is 2.64 bits per heavy atom. The van der Waals surface area contributed by atoms with Gasteiger partial charge in [-0.3, -0.25) is 4.79 Å². The largest absolute Gasteiger partial charge is 0.365 e. The fourth-order valence-corrected chi connectivity index (χ4v) is 2.84. The van der Waals surface area contributed by atoms with Crippen LogP contribution in [0.2, 0.25) is 0 Å². The lowest BCUT2D eigenvalue weighted by atomic mass is 10.1. The molecule has 128 valence electrons. The number of fused-ring (bicyclic) bond motifs is 1. The molecule has 3 nitrogen and oxygen atoms in total. The van der Waals surface area contributed by atoms with Crippen LogP contribution in [0, 0.1) is 12.7 Å². The molecule has 1 N–H and O–H groups in total. The Morgan fingerprint density at radius 1 is 1.08 bits per heavy atom. The molecule has 0 atom stereocenters. The van der Waals surface area contributed by atoms with Gasteiger partial charge < -0.3 is 10.2 Å². The van der Waals surface area contributed by atoms with Crippen molar-refractivity contribution >= 4 is 22.4 Å². The third-order valence-electron chi connectivity index (χ3n) is 4.28. The number of hydrogen-bond donors (Lipinski definition) is 1. The Hall–Kier alpha value is -2.88. The van der Waals surface area contributed by atoms with E-state index >= 15 is 0 Å². The molecule has 0 saturated heterocycles. The molecule has 0 fully saturated rings. The molecule has 1 amide bonds. The zero-order valence-electron chi connectivity index (χ0n) is 14.4. The summed E-state index contributed by atoms with van der Waals surface area (Å²) in [5.74, 6) is -0.351. The predicted octanol–water partition coefficient (Wildman–Crippen LogP) is 4.04. The predicted molar refractivity (Wildman–Crippen MR) is 100 cm³/mol. The summed E-state index contributed by atoms with van der Waals surface area (Å²) in [6, 6.07) is 19.2. The summed E-state index contributed by atoms with van der Waals surface area (Å²) in [7, 11) is 1.90. The smallest absolute Gasteiger partial charge is 0.239 e. The van der Waals surface area contributed by atoms with E-state index in [0.29, 0.717) is 12.1 Å². The average molecular weight is 336 g/mol. The van der Waals surface area contributed by atoms with Gasteiger partial charge in [0, 0.05) is 24.7 Å². The second-order valence-electron chi connectivity index (χ2n) is 6.21. The molecular weight excluding hydrogens is 315 g/mol. The van der Waals surface area contributed by atoms with Crippen molar-refractivity contribution in [1.29, 1.82) is 0 Å². The second-order valence-corrected chi connectivity index (χ2v) is 6.21. The highest BCUT2D eigenvalue weighted by atomic mass is 19.1. The number of aryl methyl sites for hydroxylation is 1. The number of likely N-dealkylation sites (N-methyl/N-ethyl adjacent to an activating group) is 1. The van der Waals surface area contributed by atoms with Crippen LogP contribution in [-0.2, 0) is 11.3 Å². The molecule has 3 aromatic carbocycles. The van der Waals surface area contributed by atoms with Crippen molar-refractivity contribution in [2.75, 3.05) is 18.5 Å². The van der Waals surface area contributed by atoms with Crippen LogP contribution in [0.25, 0.3) is 10.8 Å². The van der Waals surface area contributed by atoms with Gasteiger partial charge in [-0.25, -0.2) is 4.39 Å². The van der Waals surface area contributed by atoms with E-state index < -0.39 is 0 Å². The highest BCUT2D eigenvalue weighted by Gasteiger charge is 2.10. The van der Waals surface area contributed by atoms with Crippen LogP contribution < -0.4 is 10.2 Å². The number of halogens is 1. The number of hydrogen-bond acceptors (Lipinski definition) is 2. The van der Waals surface area contributed by atoms with Gasteiger partial charge in [-0.1, -0.05) is 48.5 Å². The fraction of sp³-hybridized carbons (Fsp3) is 0.190. The van der Waals surface area contributed by atoms with Crippen LogP contribution in [0.15, 0.2) is 60.7 Å². The molecule has 0 saturated carbocycles. The monoisotopic (exact) mass is 336 g/mol. The first-order chi connectivity index (χ1) is 12.0. The lowest BCUT2D eigenvalue weighted by molar-refractivity contribution is -0.119. The number of benzene rings is 3. The highest BCUT2D eigenvalue weighted by molar-refractivity contribution is 5.95. The third kappa shape index (κ3) is 3.97. The van der Waals surface area contributed by atoms with Crippen LogP contribution in [0.5, 0.6) is 0 Å². The summed E-state index contributed by atoms with van der Waals surface area (Å²) in [5, 5.41) is 5.10. The van der Waals surface area contributed by atoms with E-state index in [1.807, 2.05) is 48.3 Å². The SMILES string of the molecule is Cc1ccc(CNC(=O)CN(C)c2cccc3ccccc23)cc1F. The van der Waals surface area contributed by atoms with Gasteiger partial charge in [0.25, 0.3) is 0 Å². The summed E-state index contributed by atoms with van der Waals surface area (Å²) >= 11 is 0. The van der Waals surface area contributed by atoms with E-state index in [1.165, 1.54) is 6.07 Å². The van der Waals surface area contributed by atoms with Crippen LogP contribution in [0.3, 0.4) is 0 Å². The minimum atomic E-state index is -0.250. The molecule has 0 aliphatic rings. The van der Waals surface area contributed by atoms with Crippen molar-refractivity contribution in [2.24, 2.45) is 0 Å². The van der Waals surface area contributed by atoms with Gasteiger partial charge in [0.2, 0.25) is 5.91 Å². The van der Waals surface area contributed by atoms with Gasteiger partial charge in [0.05, 0.1) is 6.54 Å². The number of rotatable bonds is 5. The van der Waals surface area contributed by atoms with E-state index in [2.05, 4.69) is 17.4 Å². The molecule has 0 unspecified atom stereocenters. The molecule has 0 bridgehead atoms. The van der Waals surface area contributed by atoms with E-state index in [0.717, 1.165) is 22.0 Å². The minimum absolute atomic E-state index is 0.101. The molecule has 0 radical (unpaired) electrons. The minimum Gasteiger partial charge on any atom is -0.365 e. The van der Waals surface area contributed by atoms with Gasteiger partial charge in [-0.15, -0.1) is 0 Å². The summed E-state index contributed by atoms with van der Waals surface area (Å²) < 4.78 is 13.6. The van der Waals surface area contributed by atoms with Gasteiger partial charge >= 0.3 is 0 Å². The summed E-state index contributed by atoms with van der Waals surface area (Å²) in [5.41, 5.74) is 2.37. The molecule has 0 aliphatic heterocycles. The third-order valence-corrected chi connectivity index (χ3v) is 4.28. The van der Waals surface area contributed by atoms with Crippen LogP contribution in [0.1, 0.15) is 11.1 Å². The van der Waals surface area contributed by atoms with Crippen molar-refractivity contribution < 1.29 is 9.18 Å². The van der Waals surface area contributed by atoms with Gasteiger partial charge in [-0.05, 0) is 35.6 Å². The average Bonchev–Trinajstić information content (AvgIpc) is 2.62. The van der Waals surface area contributed by atoms with Gasteiger partial charge in [0.15, 0.2) is 0 Å². The zero-order chi connectivity index (χ0) is 17.8. The fourth-order valence-electron chi connectivity index (χ4n) is 2.84. The van der Waals surface area contributed by atoms with E-state index in [1.54, 1.807) is 13.0 Å². The molecule has 0 aromatic heterocycles. The van der Waals surface area contributed by atoms with Gasteiger partial charge in [0.1, 0.15) is 5.82 Å². The van der Waals surface area contributed by atoms with E-state index in [-0.39, 0.29) is 18.3 Å².